The average molecular weight is 346 g/mol. The molecule has 0 aliphatic heterocycles. The molecule has 0 N–H and O–H groups in total. The number of aromatic nitrogens is 4. The normalized spacial score (nSPS) is 12.3. The van der Waals surface area contributed by atoms with Gasteiger partial charge in [0.15, 0.2) is 11.5 Å². The van der Waals surface area contributed by atoms with Crippen LogP contribution in [-0.4, -0.2) is 37.6 Å². The zero-order valence-electron chi connectivity index (χ0n) is 13.1. The zero-order chi connectivity index (χ0) is 17.1. The minimum atomic E-state index is -0.374. The number of halogens is 1. The third-order valence-electron chi connectivity index (χ3n) is 3.26. The van der Waals surface area contributed by atoms with E-state index in [0.717, 1.165) is 0 Å². The maximum atomic E-state index is 13.1. The van der Waals surface area contributed by atoms with Gasteiger partial charge in [0.2, 0.25) is 0 Å². The lowest BCUT2D eigenvalue weighted by Crippen LogP contribution is -2.17. The Hall–Kier alpha value is -2.48. The van der Waals surface area contributed by atoms with Crippen LogP contribution in [0.15, 0.2) is 41.4 Å². The number of benzene rings is 1. The second-order valence-electron chi connectivity index (χ2n) is 4.98. The predicted molar refractivity (Wildman–Crippen MR) is 88.1 cm³/mol. The molecule has 0 spiro atoms. The van der Waals surface area contributed by atoms with E-state index in [2.05, 4.69) is 15.3 Å². The van der Waals surface area contributed by atoms with Crippen molar-refractivity contribution in [3.63, 3.8) is 0 Å². The number of nitrogens with zero attached hydrogens (tertiary/aromatic N) is 4. The number of fused-ring (bicyclic) bond motifs is 1. The van der Waals surface area contributed by atoms with Gasteiger partial charge >= 0.3 is 5.97 Å². The molecule has 0 radical (unpaired) electrons. The lowest BCUT2D eigenvalue weighted by molar-refractivity contribution is -0.142. The van der Waals surface area contributed by atoms with Crippen LogP contribution in [0.5, 0.6) is 0 Å². The van der Waals surface area contributed by atoms with Gasteiger partial charge in [-0.05, 0) is 50.2 Å². The maximum absolute atomic E-state index is 13.1. The van der Waals surface area contributed by atoms with Crippen LogP contribution in [-0.2, 0) is 9.53 Å². The van der Waals surface area contributed by atoms with Gasteiger partial charge in [-0.15, -0.1) is 10.2 Å². The van der Waals surface area contributed by atoms with Crippen molar-refractivity contribution in [1.29, 1.82) is 0 Å². The monoisotopic (exact) mass is 346 g/mol. The molecular formula is C16H15FN4O2S. The van der Waals surface area contributed by atoms with Crippen molar-refractivity contribution in [2.24, 2.45) is 0 Å². The minimum Gasteiger partial charge on any atom is -0.465 e. The number of carbonyl (C=O) groups is 1. The molecule has 0 unspecified atom stereocenters. The van der Waals surface area contributed by atoms with Crippen LogP contribution in [0, 0.1) is 5.82 Å². The molecule has 1 aromatic carbocycles. The quantitative estimate of drug-likeness (QED) is 0.522. The van der Waals surface area contributed by atoms with Crippen molar-refractivity contribution in [2.45, 2.75) is 24.1 Å². The van der Waals surface area contributed by atoms with Crippen molar-refractivity contribution in [2.75, 3.05) is 6.61 Å². The first-order chi connectivity index (χ1) is 11.6. The average Bonchev–Trinajstić information content (AvgIpc) is 2.99. The van der Waals surface area contributed by atoms with Gasteiger partial charge in [-0.3, -0.25) is 4.79 Å². The van der Waals surface area contributed by atoms with E-state index in [9.17, 15) is 9.18 Å². The van der Waals surface area contributed by atoms with E-state index in [-0.39, 0.29) is 17.0 Å². The molecule has 8 heteroatoms. The molecule has 0 aliphatic carbocycles. The van der Waals surface area contributed by atoms with Crippen molar-refractivity contribution < 1.29 is 13.9 Å². The molecule has 3 rings (SSSR count). The summed E-state index contributed by atoms with van der Waals surface area (Å²) < 4.78 is 19.7. The largest absolute Gasteiger partial charge is 0.465 e. The molecule has 0 fully saturated rings. The summed E-state index contributed by atoms with van der Waals surface area (Å²) in [6.07, 6.45) is 0. The highest BCUT2D eigenvalue weighted by Crippen LogP contribution is 2.24. The lowest BCUT2D eigenvalue weighted by Gasteiger charge is -2.09. The summed E-state index contributed by atoms with van der Waals surface area (Å²) in [7, 11) is 0. The number of rotatable bonds is 5. The van der Waals surface area contributed by atoms with Gasteiger partial charge in [-0.1, -0.05) is 11.8 Å². The standard InChI is InChI=1S/C16H15FN4O2S/c1-3-23-16(22)10(2)24-14-9-8-13-18-19-15(21(13)20-14)11-4-6-12(17)7-5-11/h4-10H,3H2,1-2H3/t10-/m0/s1. The number of carbonyl (C=O) groups excluding carboxylic acids is 1. The summed E-state index contributed by atoms with van der Waals surface area (Å²) in [6, 6.07) is 9.50. The summed E-state index contributed by atoms with van der Waals surface area (Å²) in [5.74, 6) is -0.0943. The summed E-state index contributed by atoms with van der Waals surface area (Å²) in [6.45, 7) is 3.88. The van der Waals surface area contributed by atoms with Gasteiger partial charge in [-0.2, -0.15) is 9.61 Å². The van der Waals surface area contributed by atoms with E-state index in [0.29, 0.717) is 28.7 Å². The van der Waals surface area contributed by atoms with Gasteiger partial charge in [0.25, 0.3) is 0 Å². The molecular weight excluding hydrogens is 331 g/mol. The van der Waals surface area contributed by atoms with Crippen LogP contribution in [0.3, 0.4) is 0 Å². The first-order valence-electron chi connectivity index (χ1n) is 7.40. The van der Waals surface area contributed by atoms with Crippen molar-refractivity contribution in [3.8, 4) is 11.4 Å². The Morgan fingerprint density at radius 3 is 2.71 bits per heavy atom. The Kier molecular flexibility index (Phi) is 4.75. The van der Waals surface area contributed by atoms with Crippen LogP contribution in [0.2, 0.25) is 0 Å². The van der Waals surface area contributed by atoms with Crippen LogP contribution in [0.4, 0.5) is 4.39 Å². The van der Waals surface area contributed by atoms with Gasteiger partial charge in [0.05, 0.1) is 6.61 Å². The number of ether oxygens (including phenoxy) is 1. The SMILES string of the molecule is CCOC(=O)[C@H](C)Sc1ccc2nnc(-c3ccc(F)cc3)n2n1. The number of thioether (sulfide) groups is 1. The van der Waals surface area contributed by atoms with Gasteiger partial charge in [-0.25, -0.2) is 4.39 Å². The second kappa shape index (κ2) is 6.96. The molecule has 6 nitrogen and oxygen atoms in total. The number of hydrogen-bond acceptors (Lipinski definition) is 6. The second-order valence-corrected chi connectivity index (χ2v) is 6.35. The Labute approximate surface area is 142 Å². The fraction of sp³-hybridized carbons (Fsp3) is 0.250. The van der Waals surface area contributed by atoms with E-state index in [1.807, 2.05) is 0 Å². The smallest absolute Gasteiger partial charge is 0.319 e. The molecule has 3 aromatic rings. The highest BCUT2D eigenvalue weighted by molar-refractivity contribution is 8.00. The van der Waals surface area contributed by atoms with E-state index >= 15 is 0 Å². The summed E-state index contributed by atoms with van der Waals surface area (Å²) in [4.78, 5) is 11.7. The molecule has 0 bridgehead atoms. The van der Waals surface area contributed by atoms with Gasteiger partial charge < -0.3 is 4.74 Å². The fourth-order valence-corrected chi connectivity index (χ4v) is 2.90. The Morgan fingerprint density at radius 2 is 2.00 bits per heavy atom. The molecule has 0 aliphatic rings. The van der Waals surface area contributed by atoms with Crippen LogP contribution in [0.1, 0.15) is 13.8 Å². The third kappa shape index (κ3) is 3.38. The first kappa shape index (κ1) is 16.4. The molecule has 2 heterocycles. The Bertz CT molecular complexity index is 866. The van der Waals surface area contributed by atoms with Crippen LogP contribution in [0.25, 0.3) is 17.0 Å². The van der Waals surface area contributed by atoms with Gasteiger partial charge in [0, 0.05) is 5.56 Å². The van der Waals surface area contributed by atoms with Crippen molar-refractivity contribution in [3.05, 3.63) is 42.2 Å². The van der Waals surface area contributed by atoms with Gasteiger partial charge in [0.1, 0.15) is 16.1 Å². The summed E-state index contributed by atoms with van der Waals surface area (Å²) in [5, 5.41) is 12.9. The third-order valence-corrected chi connectivity index (χ3v) is 4.26. The molecule has 24 heavy (non-hydrogen) atoms. The Balaban J connectivity index is 1.91. The molecule has 124 valence electrons. The molecule has 0 saturated carbocycles. The number of hydrogen-bond donors (Lipinski definition) is 0. The van der Waals surface area contributed by atoms with E-state index in [4.69, 9.17) is 4.74 Å². The number of esters is 1. The molecule has 2 aromatic heterocycles. The lowest BCUT2D eigenvalue weighted by atomic mass is 10.2. The van der Waals surface area contributed by atoms with Crippen LogP contribution < -0.4 is 0 Å². The van der Waals surface area contributed by atoms with E-state index in [1.165, 1.54) is 23.9 Å². The minimum absolute atomic E-state index is 0.285. The first-order valence-corrected chi connectivity index (χ1v) is 8.28. The highest BCUT2D eigenvalue weighted by atomic mass is 32.2. The zero-order valence-corrected chi connectivity index (χ0v) is 14.0. The molecule has 0 saturated heterocycles. The molecule has 1 atom stereocenters. The summed E-state index contributed by atoms with van der Waals surface area (Å²) >= 11 is 1.29. The highest BCUT2D eigenvalue weighted by Gasteiger charge is 2.17. The fourth-order valence-electron chi connectivity index (χ4n) is 2.10. The topological polar surface area (TPSA) is 69.4 Å². The Morgan fingerprint density at radius 1 is 1.25 bits per heavy atom. The molecule has 0 amide bonds. The van der Waals surface area contributed by atoms with E-state index in [1.54, 1.807) is 42.6 Å². The predicted octanol–water partition coefficient (Wildman–Crippen LogP) is 2.97. The summed E-state index contributed by atoms with van der Waals surface area (Å²) in [5.41, 5.74) is 1.28. The van der Waals surface area contributed by atoms with Crippen LogP contribution >= 0.6 is 11.8 Å². The van der Waals surface area contributed by atoms with Crippen molar-refractivity contribution in [1.82, 2.24) is 19.8 Å². The van der Waals surface area contributed by atoms with E-state index < -0.39 is 0 Å². The van der Waals surface area contributed by atoms with Crippen molar-refractivity contribution >= 4 is 23.4 Å². The maximum Gasteiger partial charge on any atom is 0.319 e.